The number of nitrogens with zero attached hydrogens (tertiary/aromatic N) is 1. The standard InChI is InChI=1S/C22H28N2O2S4/c25-19(13-17-27-29-20-10-4-1-5-11-20)9-3-2-7-15-23-21(26)14-18-28-30-22-12-6-8-16-24-22/h1,4-6,8,10-12,16H,2-3,7,9,13-15,17-18H2,(H,23,26). The highest BCUT2D eigenvalue weighted by atomic mass is 33.1. The molecule has 0 aliphatic rings. The molecule has 0 bridgehead atoms. The van der Waals surface area contributed by atoms with Crippen molar-refractivity contribution >= 4 is 54.9 Å². The van der Waals surface area contributed by atoms with Gasteiger partial charge in [-0.05, 0) is 47.9 Å². The molecule has 0 saturated carbocycles. The Bertz CT molecular complexity index is 669. The van der Waals surface area contributed by atoms with E-state index in [4.69, 9.17) is 0 Å². The maximum Gasteiger partial charge on any atom is 0.220 e. The SMILES string of the molecule is O=C(CCCCCNC(=O)CCSSc1ccccn1)CCSSc1ccccc1. The minimum atomic E-state index is 0.0909. The van der Waals surface area contributed by atoms with Gasteiger partial charge in [0, 0.05) is 48.4 Å². The van der Waals surface area contributed by atoms with E-state index in [2.05, 4.69) is 22.4 Å². The van der Waals surface area contributed by atoms with E-state index in [1.54, 1.807) is 49.4 Å². The molecule has 2 rings (SSSR count). The lowest BCUT2D eigenvalue weighted by Crippen LogP contribution is -2.24. The van der Waals surface area contributed by atoms with Crippen molar-refractivity contribution in [3.63, 3.8) is 0 Å². The fourth-order valence-corrected chi connectivity index (χ4v) is 6.35. The highest BCUT2D eigenvalue weighted by Gasteiger charge is 2.04. The van der Waals surface area contributed by atoms with Gasteiger partial charge in [-0.25, -0.2) is 4.98 Å². The molecule has 4 nitrogen and oxygen atoms in total. The normalized spacial score (nSPS) is 10.7. The number of hydrogen-bond donors (Lipinski definition) is 1. The maximum absolute atomic E-state index is 11.9. The van der Waals surface area contributed by atoms with Crippen LogP contribution in [0.15, 0.2) is 64.6 Å². The summed E-state index contributed by atoms with van der Waals surface area (Å²) in [6.45, 7) is 0.689. The van der Waals surface area contributed by atoms with Crippen LogP contribution in [0.1, 0.15) is 38.5 Å². The van der Waals surface area contributed by atoms with Crippen molar-refractivity contribution in [2.75, 3.05) is 18.1 Å². The molecular weight excluding hydrogens is 453 g/mol. The fourth-order valence-electron chi connectivity index (χ4n) is 2.44. The molecule has 0 atom stereocenters. The summed E-state index contributed by atoms with van der Waals surface area (Å²) >= 11 is 0. The summed E-state index contributed by atoms with van der Waals surface area (Å²) in [7, 11) is 6.70. The van der Waals surface area contributed by atoms with Crippen molar-refractivity contribution < 1.29 is 9.59 Å². The Hall–Kier alpha value is -1.09. The minimum Gasteiger partial charge on any atom is -0.356 e. The van der Waals surface area contributed by atoms with E-state index in [1.807, 2.05) is 36.4 Å². The quantitative estimate of drug-likeness (QED) is 0.224. The number of nitrogens with one attached hydrogen (secondary N) is 1. The Balaban J connectivity index is 1.36. The van der Waals surface area contributed by atoms with Crippen molar-refractivity contribution in [2.24, 2.45) is 0 Å². The summed E-state index contributed by atoms with van der Waals surface area (Å²) in [6, 6.07) is 16.0. The first-order chi connectivity index (χ1) is 14.7. The zero-order valence-corrected chi connectivity index (χ0v) is 20.2. The van der Waals surface area contributed by atoms with E-state index in [0.29, 0.717) is 31.6 Å². The second-order valence-corrected chi connectivity index (χ2v) is 11.4. The van der Waals surface area contributed by atoms with Crippen LogP contribution in [0.3, 0.4) is 0 Å². The summed E-state index contributed by atoms with van der Waals surface area (Å²) in [5, 5.41) is 3.92. The average Bonchev–Trinajstić information content (AvgIpc) is 2.78. The first-order valence-electron chi connectivity index (χ1n) is 10.1. The number of amides is 1. The predicted molar refractivity (Wildman–Crippen MR) is 133 cm³/mol. The Morgan fingerprint density at radius 2 is 1.57 bits per heavy atom. The van der Waals surface area contributed by atoms with Gasteiger partial charge in [-0.2, -0.15) is 0 Å². The second-order valence-electron chi connectivity index (χ2n) is 6.49. The summed E-state index contributed by atoms with van der Waals surface area (Å²) in [5.41, 5.74) is 0. The number of pyridine rings is 1. The highest BCUT2D eigenvalue weighted by Crippen LogP contribution is 2.31. The Kier molecular flexibility index (Phi) is 13.9. The number of hydrogen-bond acceptors (Lipinski definition) is 7. The van der Waals surface area contributed by atoms with Gasteiger partial charge in [0.2, 0.25) is 5.91 Å². The van der Waals surface area contributed by atoms with Crippen LogP contribution in [0.5, 0.6) is 0 Å². The van der Waals surface area contributed by atoms with Crippen molar-refractivity contribution in [1.82, 2.24) is 10.3 Å². The van der Waals surface area contributed by atoms with Gasteiger partial charge in [-0.1, -0.05) is 63.1 Å². The van der Waals surface area contributed by atoms with Gasteiger partial charge < -0.3 is 5.32 Å². The van der Waals surface area contributed by atoms with Gasteiger partial charge >= 0.3 is 0 Å². The van der Waals surface area contributed by atoms with Gasteiger partial charge in [0.1, 0.15) is 10.8 Å². The number of carbonyl (C=O) groups excluding carboxylic acids is 2. The molecule has 1 N–H and O–H groups in total. The van der Waals surface area contributed by atoms with E-state index in [0.717, 1.165) is 35.8 Å². The fraction of sp³-hybridized carbons (Fsp3) is 0.409. The summed E-state index contributed by atoms with van der Waals surface area (Å²) in [4.78, 5) is 29.2. The van der Waals surface area contributed by atoms with Gasteiger partial charge in [-0.3, -0.25) is 9.59 Å². The second kappa shape index (κ2) is 16.6. The number of ketones is 1. The predicted octanol–water partition coefficient (Wildman–Crippen LogP) is 6.29. The molecule has 0 spiro atoms. The molecule has 1 heterocycles. The average molecular weight is 481 g/mol. The van der Waals surface area contributed by atoms with Gasteiger partial charge in [0.05, 0.1) is 0 Å². The summed E-state index contributed by atoms with van der Waals surface area (Å²) < 4.78 is 0. The summed E-state index contributed by atoms with van der Waals surface area (Å²) in [5.74, 6) is 2.04. The number of rotatable bonds is 16. The third kappa shape index (κ3) is 12.6. The topological polar surface area (TPSA) is 59.1 Å². The van der Waals surface area contributed by atoms with Crippen molar-refractivity contribution in [1.29, 1.82) is 0 Å². The summed E-state index contributed by atoms with van der Waals surface area (Å²) in [6.07, 6.45) is 6.37. The van der Waals surface area contributed by atoms with E-state index < -0.39 is 0 Å². The number of Topliss-reactive ketones (excluding diaryl/α,β-unsaturated/α-hetero) is 1. The molecule has 8 heteroatoms. The molecule has 0 radical (unpaired) electrons. The van der Waals surface area contributed by atoms with Crippen LogP contribution in [-0.4, -0.2) is 34.7 Å². The molecule has 1 amide bonds. The van der Waals surface area contributed by atoms with Crippen LogP contribution in [0.25, 0.3) is 0 Å². The maximum atomic E-state index is 11.9. The molecule has 2 aromatic rings. The Morgan fingerprint density at radius 3 is 2.37 bits per heavy atom. The van der Waals surface area contributed by atoms with E-state index in [1.165, 1.54) is 4.90 Å². The molecule has 1 aromatic heterocycles. The smallest absolute Gasteiger partial charge is 0.220 e. The van der Waals surface area contributed by atoms with E-state index in [-0.39, 0.29) is 5.91 Å². The van der Waals surface area contributed by atoms with Gasteiger partial charge in [0.15, 0.2) is 0 Å². The molecule has 0 saturated heterocycles. The van der Waals surface area contributed by atoms with Crippen LogP contribution < -0.4 is 5.32 Å². The number of carbonyl (C=O) groups is 2. The molecule has 0 fully saturated rings. The van der Waals surface area contributed by atoms with Crippen molar-refractivity contribution in [2.45, 2.75) is 48.4 Å². The lowest BCUT2D eigenvalue weighted by Gasteiger charge is -2.05. The van der Waals surface area contributed by atoms with E-state index in [9.17, 15) is 9.59 Å². The Morgan fingerprint density at radius 1 is 0.800 bits per heavy atom. The van der Waals surface area contributed by atoms with Crippen LogP contribution in [0.4, 0.5) is 0 Å². The van der Waals surface area contributed by atoms with Gasteiger partial charge in [-0.15, -0.1) is 0 Å². The molecule has 30 heavy (non-hydrogen) atoms. The third-order valence-electron chi connectivity index (χ3n) is 4.01. The monoisotopic (exact) mass is 480 g/mol. The molecule has 1 aromatic carbocycles. The van der Waals surface area contributed by atoms with Crippen molar-refractivity contribution in [3.8, 4) is 0 Å². The Labute approximate surface area is 195 Å². The molecule has 0 aliphatic heterocycles. The first-order valence-corrected chi connectivity index (χ1v) is 14.7. The van der Waals surface area contributed by atoms with Crippen LogP contribution in [0.2, 0.25) is 0 Å². The first kappa shape index (κ1) is 25.2. The highest BCUT2D eigenvalue weighted by molar-refractivity contribution is 8.77. The van der Waals surface area contributed by atoms with Crippen molar-refractivity contribution in [3.05, 3.63) is 54.7 Å². The van der Waals surface area contributed by atoms with Crippen LogP contribution in [-0.2, 0) is 9.59 Å². The number of aromatic nitrogens is 1. The third-order valence-corrected chi connectivity index (χ3v) is 8.66. The van der Waals surface area contributed by atoms with Gasteiger partial charge in [0.25, 0.3) is 0 Å². The molecule has 162 valence electrons. The largest absolute Gasteiger partial charge is 0.356 e. The lowest BCUT2D eigenvalue weighted by atomic mass is 10.1. The molecular formula is C22H28N2O2S4. The number of unbranched alkanes of at least 4 members (excludes halogenated alkanes) is 2. The number of benzene rings is 1. The minimum absolute atomic E-state index is 0.0909. The molecule has 0 aliphatic carbocycles. The zero-order valence-electron chi connectivity index (χ0n) is 17.0. The molecule has 0 unspecified atom stereocenters. The lowest BCUT2D eigenvalue weighted by molar-refractivity contribution is -0.121. The zero-order chi connectivity index (χ0) is 21.3. The van der Waals surface area contributed by atoms with Crippen LogP contribution in [0, 0.1) is 0 Å². The van der Waals surface area contributed by atoms with E-state index >= 15 is 0 Å². The van der Waals surface area contributed by atoms with Crippen LogP contribution >= 0.6 is 43.2 Å².